The molecule has 0 aromatic heterocycles. The van der Waals surface area contributed by atoms with E-state index in [9.17, 15) is 9.59 Å². The summed E-state index contributed by atoms with van der Waals surface area (Å²) in [6.07, 6.45) is 0.396. The summed E-state index contributed by atoms with van der Waals surface area (Å²) in [7, 11) is 1.38. The fourth-order valence-corrected chi connectivity index (χ4v) is 2.60. The van der Waals surface area contributed by atoms with Crippen molar-refractivity contribution in [1.29, 1.82) is 0 Å². The van der Waals surface area contributed by atoms with Crippen molar-refractivity contribution < 1.29 is 23.8 Å². The third-order valence-electron chi connectivity index (χ3n) is 3.61. The molecule has 1 aliphatic carbocycles. The minimum atomic E-state index is -0.470. The van der Waals surface area contributed by atoms with Gasteiger partial charge in [-0.15, -0.1) is 0 Å². The molecule has 0 aromatic carbocycles. The minimum Gasteiger partial charge on any atom is -0.469 e. The molecular formula is C12H18O5. The van der Waals surface area contributed by atoms with Gasteiger partial charge in [-0.1, -0.05) is 6.92 Å². The van der Waals surface area contributed by atoms with Crippen LogP contribution in [0.5, 0.6) is 0 Å². The SMILES string of the molecule is COC(=O)[C@H]1C[C@@H](C2OCCO2)C(=O)C[C@H]1C. The molecule has 5 heteroatoms. The smallest absolute Gasteiger partial charge is 0.308 e. The van der Waals surface area contributed by atoms with E-state index in [-0.39, 0.29) is 29.5 Å². The van der Waals surface area contributed by atoms with Gasteiger partial charge in [0.2, 0.25) is 0 Å². The van der Waals surface area contributed by atoms with Crippen LogP contribution in [-0.4, -0.2) is 38.4 Å². The molecule has 0 amide bonds. The first-order valence-corrected chi connectivity index (χ1v) is 5.97. The van der Waals surface area contributed by atoms with Crippen molar-refractivity contribution in [3.63, 3.8) is 0 Å². The summed E-state index contributed by atoms with van der Waals surface area (Å²) in [5.41, 5.74) is 0. The van der Waals surface area contributed by atoms with Gasteiger partial charge in [-0.2, -0.15) is 0 Å². The van der Waals surface area contributed by atoms with E-state index >= 15 is 0 Å². The molecule has 0 aromatic rings. The Morgan fingerprint density at radius 1 is 1.35 bits per heavy atom. The Bertz CT molecular complexity index is 308. The number of esters is 1. The molecule has 1 saturated heterocycles. The lowest BCUT2D eigenvalue weighted by Gasteiger charge is -2.33. The zero-order chi connectivity index (χ0) is 12.4. The molecule has 2 fully saturated rings. The first kappa shape index (κ1) is 12.5. The fraction of sp³-hybridized carbons (Fsp3) is 0.833. The topological polar surface area (TPSA) is 61.8 Å². The van der Waals surface area contributed by atoms with Crippen LogP contribution in [0.1, 0.15) is 19.8 Å². The molecule has 0 unspecified atom stereocenters. The number of hydrogen-bond acceptors (Lipinski definition) is 5. The van der Waals surface area contributed by atoms with Crippen LogP contribution in [-0.2, 0) is 23.8 Å². The molecule has 17 heavy (non-hydrogen) atoms. The lowest BCUT2D eigenvalue weighted by Crippen LogP contribution is -2.41. The standard InChI is InChI=1S/C12H18O5/c1-7-5-10(13)9(12-16-3-4-17-12)6-8(7)11(14)15-2/h7-9,12H,3-6H2,1-2H3/t7-,8+,9-/m1/s1. The average Bonchev–Trinajstić information content (AvgIpc) is 2.81. The Kier molecular flexibility index (Phi) is 3.79. The molecule has 1 aliphatic heterocycles. The second-order valence-electron chi connectivity index (χ2n) is 4.73. The van der Waals surface area contributed by atoms with Crippen molar-refractivity contribution in [2.24, 2.45) is 17.8 Å². The van der Waals surface area contributed by atoms with Gasteiger partial charge in [0, 0.05) is 6.42 Å². The highest BCUT2D eigenvalue weighted by molar-refractivity contribution is 5.85. The summed E-state index contributed by atoms with van der Waals surface area (Å²) in [6.45, 7) is 2.95. The molecule has 2 aliphatic rings. The molecule has 0 radical (unpaired) electrons. The van der Waals surface area contributed by atoms with Crippen LogP contribution in [0, 0.1) is 17.8 Å². The molecule has 1 saturated carbocycles. The van der Waals surface area contributed by atoms with E-state index in [4.69, 9.17) is 14.2 Å². The van der Waals surface area contributed by atoms with Gasteiger partial charge in [0.25, 0.3) is 0 Å². The number of Topliss-reactive ketones (excluding diaryl/α,β-unsaturated/α-hetero) is 1. The summed E-state index contributed by atoms with van der Waals surface area (Å²) < 4.78 is 15.5. The van der Waals surface area contributed by atoms with E-state index in [1.807, 2.05) is 6.92 Å². The number of ether oxygens (including phenoxy) is 3. The van der Waals surface area contributed by atoms with Crippen LogP contribution in [0.15, 0.2) is 0 Å². The predicted octanol–water partition coefficient (Wildman–Crippen LogP) is 0.764. The summed E-state index contributed by atoms with van der Waals surface area (Å²) in [5.74, 6) is -0.626. The van der Waals surface area contributed by atoms with Crippen LogP contribution in [0.2, 0.25) is 0 Å². The maximum atomic E-state index is 11.9. The second kappa shape index (κ2) is 5.14. The van der Waals surface area contributed by atoms with Crippen molar-refractivity contribution in [2.45, 2.75) is 26.1 Å². The van der Waals surface area contributed by atoms with E-state index in [0.29, 0.717) is 26.1 Å². The van der Waals surface area contributed by atoms with E-state index < -0.39 is 6.29 Å². The van der Waals surface area contributed by atoms with Crippen LogP contribution in [0.4, 0.5) is 0 Å². The molecule has 5 nitrogen and oxygen atoms in total. The lowest BCUT2D eigenvalue weighted by molar-refractivity contribution is -0.158. The van der Waals surface area contributed by atoms with Gasteiger partial charge in [-0.05, 0) is 12.3 Å². The first-order chi connectivity index (χ1) is 8.13. The van der Waals surface area contributed by atoms with Gasteiger partial charge < -0.3 is 14.2 Å². The van der Waals surface area contributed by atoms with Crippen LogP contribution < -0.4 is 0 Å². The van der Waals surface area contributed by atoms with Gasteiger partial charge >= 0.3 is 5.97 Å². The molecule has 0 N–H and O–H groups in total. The van der Waals surface area contributed by atoms with E-state index in [0.717, 1.165) is 0 Å². The number of carbonyl (C=O) groups excluding carboxylic acids is 2. The van der Waals surface area contributed by atoms with Crippen LogP contribution in [0.3, 0.4) is 0 Å². The molecule has 0 spiro atoms. The summed E-state index contributed by atoms with van der Waals surface area (Å²) in [4.78, 5) is 23.6. The minimum absolute atomic E-state index is 0.0348. The van der Waals surface area contributed by atoms with Crippen molar-refractivity contribution in [3.05, 3.63) is 0 Å². The zero-order valence-electron chi connectivity index (χ0n) is 10.2. The third-order valence-corrected chi connectivity index (χ3v) is 3.61. The van der Waals surface area contributed by atoms with Crippen molar-refractivity contribution in [3.8, 4) is 0 Å². The van der Waals surface area contributed by atoms with E-state index in [1.165, 1.54) is 7.11 Å². The van der Waals surface area contributed by atoms with Gasteiger partial charge in [0.1, 0.15) is 5.78 Å². The molecule has 96 valence electrons. The van der Waals surface area contributed by atoms with Crippen LogP contribution >= 0.6 is 0 Å². The van der Waals surface area contributed by atoms with Gasteiger partial charge in [0.15, 0.2) is 6.29 Å². The number of carbonyl (C=O) groups is 2. The fourth-order valence-electron chi connectivity index (χ4n) is 2.60. The summed E-state index contributed by atoms with van der Waals surface area (Å²) in [5, 5.41) is 0. The highest BCUT2D eigenvalue weighted by Crippen LogP contribution is 2.35. The Labute approximate surface area is 100 Å². The normalized spacial score (nSPS) is 34.9. The number of hydrogen-bond donors (Lipinski definition) is 0. The Balaban J connectivity index is 2.06. The molecular weight excluding hydrogens is 224 g/mol. The number of rotatable bonds is 2. The van der Waals surface area contributed by atoms with E-state index in [1.54, 1.807) is 0 Å². The number of ketones is 1. The molecule has 3 atom stereocenters. The van der Waals surface area contributed by atoms with Crippen molar-refractivity contribution in [2.75, 3.05) is 20.3 Å². The Morgan fingerprint density at radius 2 is 2.00 bits per heavy atom. The van der Waals surface area contributed by atoms with Gasteiger partial charge in [0.05, 0.1) is 32.2 Å². The average molecular weight is 242 g/mol. The van der Waals surface area contributed by atoms with Gasteiger partial charge in [-0.3, -0.25) is 9.59 Å². The second-order valence-corrected chi connectivity index (χ2v) is 4.73. The lowest BCUT2D eigenvalue weighted by atomic mass is 9.74. The maximum Gasteiger partial charge on any atom is 0.308 e. The predicted molar refractivity (Wildman–Crippen MR) is 58.1 cm³/mol. The monoisotopic (exact) mass is 242 g/mol. The highest BCUT2D eigenvalue weighted by Gasteiger charge is 2.43. The summed E-state index contributed by atoms with van der Waals surface area (Å²) >= 11 is 0. The Morgan fingerprint density at radius 3 is 2.59 bits per heavy atom. The molecule has 2 rings (SSSR count). The third kappa shape index (κ3) is 2.50. The zero-order valence-corrected chi connectivity index (χ0v) is 10.2. The Hall–Kier alpha value is -0.940. The highest BCUT2D eigenvalue weighted by atomic mass is 16.7. The number of methoxy groups -OCH3 is 1. The molecule has 1 heterocycles. The van der Waals surface area contributed by atoms with Gasteiger partial charge in [-0.25, -0.2) is 0 Å². The maximum absolute atomic E-state index is 11.9. The molecule has 0 bridgehead atoms. The van der Waals surface area contributed by atoms with Crippen molar-refractivity contribution in [1.82, 2.24) is 0 Å². The van der Waals surface area contributed by atoms with Crippen molar-refractivity contribution >= 4 is 11.8 Å². The largest absolute Gasteiger partial charge is 0.469 e. The van der Waals surface area contributed by atoms with Crippen LogP contribution in [0.25, 0.3) is 0 Å². The van der Waals surface area contributed by atoms with E-state index in [2.05, 4.69) is 0 Å². The summed E-state index contributed by atoms with van der Waals surface area (Å²) in [6, 6.07) is 0. The first-order valence-electron chi connectivity index (χ1n) is 5.97. The quantitative estimate of drug-likeness (QED) is 0.669.